The van der Waals surface area contributed by atoms with Crippen LogP contribution in [0.5, 0.6) is 5.75 Å². The maximum Gasteiger partial charge on any atom is 0.119 e. The summed E-state index contributed by atoms with van der Waals surface area (Å²) in [6, 6.07) is 8.35. The minimum Gasteiger partial charge on any atom is -0.494 e. The lowest BCUT2D eigenvalue weighted by molar-refractivity contribution is 0.177. The van der Waals surface area contributed by atoms with E-state index < -0.39 is 5.54 Å². The van der Waals surface area contributed by atoms with Gasteiger partial charge in [-0.2, -0.15) is 0 Å². The van der Waals surface area contributed by atoms with E-state index in [2.05, 4.69) is 45.0 Å². The van der Waals surface area contributed by atoms with Gasteiger partial charge in [0.1, 0.15) is 5.75 Å². The lowest BCUT2D eigenvalue weighted by Gasteiger charge is -2.26. The number of rotatable bonds is 16. The molecule has 0 fully saturated rings. The summed E-state index contributed by atoms with van der Waals surface area (Å²) in [5, 5.41) is 9.52. The van der Waals surface area contributed by atoms with Crippen molar-refractivity contribution in [1.82, 2.24) is 0 Å². The zero-order valence-corrected chi connectivity index (χ0v) is 18.0. The second kappa shape index (κ2) is 14.0. The van der Waals surface area contributed by atoms with Crippen LogP contribution in [-0.4, -0.2) is 23.9 Å². The largest absolute Gasteiger partial charge is 0.494 e. The first kappa shape index (κ1) is 24.0. The zero-order chi connectivity index (χ0) is 20.0. The van der Waals surface area contributed by atoms with Gasteiger partial charge >= 0.3 is 0 Å². The van der Waals surface area contributed by atoms with Gasteiger partial charge in [0.2, 0.25) is 0 Å². The third-order valence-electron chi connectivity index (χ3n) is 5.34. The molecule has 0 radical (unpaired) electrons. The van der Waals surface area contributed by atoms with Crippen molar-refractivity contribution in [3.05, 3.63) is 29.8 Å². The van der Waals surface area contributed by atoms with Gasteiger partial charge in [0.05, 0.1) is 13.2 Å². The maximum absolute atomic E-state index is 9.52. The molecular formula is C24H43NO2. The molecule has 0 heterocycles. The number of hydrogen-bond acceptors (Lipinski definition) is 3. The fourth-order valence-electron chi connectivity index (χ4n) is 3.48. The Bertz CT molecular complexity index is 472. The Morgan fingerprint density at radius 3 is 2.19 bits per heavy atom. The van der Waals surface area contributed by atoms with E-state index in [1.54, 1.807) is 0 Å². The Balaban J connectivity index is 2.14. The Morgan fingerprint density at radius 2 is 1.59 bits per heavy atom. The number of aliphatic hydroxyl groups is 1. The Labute approximate surface area is 167 Å². The molecule has 3 heteroatoms. The van der Waals surface area contributed by atoms with Crippen LogP contribution in [0.15, 0.2) is 24.3 Å². The standard InChI is InChI=1S/C24H43NO2/c1-4-17-24(25,20-26)18-16-22-12-14-23(15-13-22)27-19-10-8-6-5-7-9-11-21(2)3/h12-15,21,26H,4-11,16-20,25H2,1-3H3. The van der Waals surface area contributed by atoms with Gasteiger partial charge in [-0.1, -0.05) is 77.8 Å². The lowest BCUT2D eigenvalue weighted by Crippen LogP contribution is -2.43. The van der Waals surface area contributed by atoms with Crippen molar-refractivity contribution < 1.29 is 9.84 Å². The molecule has 0 aliphatic rings. The molecule has 0 saturated heterocycles. The van der Waals surface area contributed by atoms with E-state index in [9.17, 15) is 5.11 Å². The molecular weight excluding hydrogens is 334 g/mol. The van der Waals surface area contributed by atoms with E-state index in [4.69, 9.17) is 10.5 Å². The van der Waals surface area contributed by atoms with Crippen LogP contribution in [-0.2, 0) is 6.42 Å². The highest BCUT2D eigenvalue weighted by Crippen LogP contribution is 2.19. The summed E-state index contributed by atoms with van der Waals surface area (Å²) in [6.07, 6.45) is 12.8. The minimum atomic E-state index is -0.446. The van der Waals surface area contributed by atoms with Crippen LogP contribution < -0.4 is 10.5 Å². The van der Waals surface area contributed by atoms with Gasteiger partial charge < -0.3 is 15.6 Å². The molecule has 0 amide bonds. The SMILES string of the molecule is CCCC(N)(CO)CCc1ccc(OCCCCCCCCC(C)C)cc1. The van der Waals surface area contributed by atoms with Crippen molar-refractivity contribution in [1.29, 1.82) is 0 Å². The second-order valence-corrected chi connectivity index (χ2v) is 8.57. The van der Waals surface area contributed by atoms with Gasteiger partial charge in [0, 0.05) is 5.54 Å². The predicted octanol–water partition coefficient (Wildman–Crippen LogP) is 5.87. The monoisotopic (exact) mass is 377 g/mol. The number of ether oxygens (including phenoxy) is 1. The number of benzene rings is 1. The van der Waals surface area contributed by atoms with Crippen molar-refractivity contribution in [2.75, 3.05) is 13.2 Å². The molecule has 3 nitrogen and oxygen atoms in total. The van der Waals surface area contributed by atoms with E-state index in [-0.39, 0.29) is 6.61 Å². The molecule has 0 spiro atoms. The second-order valence-electron chi connectivity index (χ2n) is 8.57. The molecule has 0 bridgehead atoms. The van der Waals surface area contributed by atoms with Crippen molar-refractivity contribution in [2.24, 2.45) is 11.7 Å². The van der Waals surface area contributed by atoms with Crippen molar-refractivity contribution >= 4 is 0 Å². The van der Waals surface area contributed by atoms with E-state index in [0.717, 1.165) is 50.4 Å². The average Bonchev–Trinajstić information content (AvgIpc) is 2.66. The van der Waals surface area contributed by atoms with Gasteiger partial charge in [-0.3, -0.25) is 0 Å². The van der Waals surface area contributed by atoms with Crippen molar-refractivity contribution in [3.63, 3.8) is 0 Å². The predicted molar refractivity (Wildman–Crippen MR) is 116 cm³/mol. The molecule has 0 aliphatic heterocycles. The molecule has 156 valence electrons. The zero-order valence-electron chi connectivity index (χ0n) is 18.0. The first-order valence-electron chi connectivity index (χ1n) is 11.1. The van der Waals surface area contributed by atoms with Crippen LogP contribution in [0, 0.1) is 5.92 Å². The number of aliphatic hydroxyl groups excluding tert-OH is 1. The van der Waals surface area contributed by atoms with Gasteiger partial charge in [-0.15, -0.1) is 0 Å². The van der Waals surface area contributed by atoms with Gasteiger partial charge in [-0.05, 0) is 49.3 Å². The van der Waals surface area contributed by atoms with E-state index >= 15 is 0 Å². The normalized spacial score (nSPS) is 13.7. The van der Waals surface area contributed by atoms with E-state index in [0.29, 0.717) is 0 Å². The summed E-state index contributed by atoms with van der Waals surface area (Å²) in [6.45, 7) is 7.57. The quantitative estimate of drug-likeness (QED) is 0.354. The van der Waals surface area contributed by atoms with Crippen molar-refractivity contribution in [2.45, 2.75) is 96.9 Å². The van der Waals surface area contributed by atoms with Crippen LogP contribution in [0.3, 0.4) is 0 Å². The molecule has 1 unspecified atom stereocenters. The summed E-state index contributed by atoms with van der Waals surface area (Å²) in [4.78, 5) is 0. The summed E-state index contributed by atoms with van der Waals surface area (Å²) < 4.78 is 5.86. The topological polar surface area (TPSA) is 55.5 Å². The Morgan fingerprint density at radius 1 is 0.963 bits per heavy atom. The number of aryl methyl sites for hydroxylation is 1. The first-order chi connectivity index (χ1) is 13.0. The third-order valence-corrected chi connectivity index (χ3v) is 5.34. The van der Waals surface area contributed by atoms with Crippen LogP contribution in [0.2, 0.25) is 0 Å². The first-order valence-corrected chi connectivity index (χ1v) is 11.1. The minimum absolute atomic E-state index is 0.0553. The summed E-state index contributed by atoms with van der Waals surface area (Å²) >= 11 is 0. The summed E-state index contributed by atoms with van der Waals surface area (Å²) in [5.41, 5.74) is 7.06. The van der Waals surface area contributed by atoms with E-state index in [1.807, 2.05) is 0 Å². The smallest absolute Gasteiger partial charge is 0.119 e. The fraction of sp³-hybridized carbons (Fsp3) is 0.750. The van der Waals surface area contributed by atoms with Crippen LogP contribution in [0.4, 0.5) is 0 Å². The van der Waals surface area contributed by atoms with Crippen LogP contribution in [0.25, 0.3) is 0 Å². The fourth-order valence-corrected chi connectivity index (χ4v) is 3.48. The molecule has 27 heavy (non-hydrogen) atoms. The number of nitrogens with two attached hydrogens (primary N) is 1. The highest BCUT2D eigenvalue weighted by molar-refractivity contribution is 5.27. The van der Waals surface area contributed by atoms with Gasteiger partial charge in [-0.25, -0.2) is 0 Å². The van der Waals surface area contributed by atoms with Crippen LogP contribution in [0.1, 0.15) is 90.5 Å². The Hall–Kier alpha value is -1.06. The molecule has 1 aromatic carbocycles. The molecule has 1 aromatic rings. The highest BCUT2D eigenvalue weighted by Gasteiger charge is 2.22. The molecule has 1 atom stereocenters. The van der Waals surface area contributed by atoms with Crippen molar-refractivity contribution in [3.8, 4) is 5.75 Å². The molecule has 3 N–H and O–H groups in total. The molecule has 0 aromatic heterocycles. The van der Waals surface area contributed by atoms with Crippen LogP contribution >= 0.6 is 0 Å². The lowest BCUT2D eigenvalue weighted by atomic mass is 9.89. The molecule has 1 rings (SSSR count). The maximum atomic E-state index is 9.52. The average molecular weight is 378 g/mol. The summed E-state index contributed by atoms with van der Waals surface area (Å²) in [5.74, 6) is 1.79. The summed E-state index contributed by atoms with van der Waals surface area (Å²) in [7, 11) is 0. The third kappa shape index (κ3) is 11.4. The number of hydrogen-bond donors (Lipinski definition) is 2. The number of unbranched alkanes of at least 4 members (excludes halogenated alkanes) is 5. The van der Waals surface area contributed by atoms with Gasteiger partial charge in [0.25, 0.3) is 0 Å². The Kier molecular flexibility index (Phi) is 12.4. The highest BCUT2D eigenvalue weighted by atomic mass is 16.5. The molecule has 0 saturated carbocycles. The van der Waals surface area contributed by atoms with Gasteiger partial charge in [0.15, 0.2) is 0 Å². The molecule has 0 aliphatic carbocycles. The van der Waals surface area contributed by atoms with E-state index in [1.165, 1.54) is 44.1 Å².